The second-order valence-corrected chi connectivity index (χ2v) is 9.22. The Morgan fingerprint density at radius 2 is 1.65 bits per heavy atom. The first-order valence-corrected chi connectivity index (χ1v) is 10.8. The molecule has 0 bridgehead atoms. The van der Waals surface area contributed by atoms with E-state index in [1.807, 2.05) is 30.3 Å². The highest BCUT2D eigenvalue weighted by atomic mass is 79.9. The number of piperidine rings is 1. The van der Waals surface area contributed by atoms with Gasteiger partial charge in [-0.3, -0.25) is 4.79 Å². The van der Waals surface area contributed by atoms with Crippen LogP contribution in [0.25, 0.3) is 0 Å². The van der Waals surface area contributed by atoms with Crippen molar-refractivity contribution in [3.8, 4) is 0 Å². The first-order valence-electron chi connectivity index (χ1n) is 8.54. The lowest BCUT2D eigenvalue weighted by molar-refractivity contribution is -0.121. The Morgan fingerprint density at radius 3 is 2.27 bits per heavy atom. The lowest BCUT2D eigenvalue weighted by atomic mass is 10.1. The zero-order valence-electron chi connectivity index (χ0n) is 14.3. The molecule has 1 heterocycles. The van der Waals surface area contributed by atoms with E-state index in [2.05, 4.69) is 21.2 Å². The number of hydrogen-bond acceptors (Lipinski definition) is 3. The van der Waals surface area contributed by atoms with Gasteiger partial charge in [0, 0.05) is 23.6 Å². The highest BCUT2D eigenvalue weighted by Crippen LogP contribution is 2.22. The van der Waals surface area contributed by atoms with E-state index in [-0.39, 0.29) is 11.9 Å². The van der Waals surface area contributed by atoms with Crippen molar-refractivity contribution in [3.05, 3.63) is 64.6 Å². The highest BCUT2D eigenvalue weighted by Gasteiger charge is 2.29. The van der Waals surface area contributed by atoms with Gasteiger partial charge in [0.25, 0.3) is 0 Å². The summed E-state index contributed by atoms with van der Waals surface area (Å²) in [7, 11) is -3.48. The van der Waals surface area contributed by atoms with E-state index in [1.54, 1.807) is 24.3 Å². The lowest BCUT2D eigenvalue weighted by Crippen LogP contribution is -2.46. The van der Waals surface area contributed by atoms with Crippen molar-refractivity contribution >= 4 is 31.9 Å². The van der Waals surface area contributed by atoms with Crippen LogP contribution >= 0.6 is 15.9 Å². The summed E-state index contributed by atoms with van der Waals surface area (Å²) >= 11 is 3.31. The lowest BCUT2D eigenvalue weighted by Gasteiger charge is -2.31. The van der Waals surface area contributed by atoms with Crippen LogP contribution < -0.4 is 5.32 Å². The van der Waals surface area contributed by atoms with Gasteiger partial charge in [0.15, 0.2) is 0 Å². The Balaban J connectivity index is 1.54. The SMILES string of the molecule is O=C(Cc1ccccc1)NC1CCN(S(=O)(=O)c2ccc(Br)cc2)CC1. The average molecular weight is 437 g/mol. The third kappa shape index (κ3) is 4.72. The second-order valence-electron chi connectivity index (χ2n) is 6.36. The minimum atomic E-state index is -3.48. The minimum absolute atomic E-state index is 0.0163. The summed E-state index contributed by atoms with van der Waals surface area (Å²) in [5.74, 6) is -0.0228. The number of carbonyl (C=O) groups is 1. The maximum Gasteiger partial charge on any atom is 0.243 e. The molecule has 1 fully saturated rings. The summed E-state index contributed by atoms with van der Waals surface area (Å²) in [6.07, 6.45) is 1.59. The second kappa shape index (κ2) is 8.33. The average Bonchev–Trinajstić information content (AvgIpc) is 2.63. The predicted octanol–water partition coefficient (Wildman–Crippen LogP) is 2.96. The van der Waals surface area contributed by atoms with Crippen molar-refractivity contribution in [3.63, 3.8) is 0 Å². The smallest absolute Gasteiger partial charge is 0.243 e. The van der Waals surface area contributed by atoms with Crippen LogP contribution in [-0.2, 0) is 21.2 Å². The van der Waals surface area contributed by atoms with Crippen LogP contribution in [-0.4, -0.2) is 37.8 Å². The molecule has 2 aromatic carbocycles. The highest BCUT2D eigenvalue weighted by molar-refractivity contribution is 9.10. The van der Waals surface area contributed by atoms with Crippen molar-refractivity contribution in [1.29, 1.82) is 0 Å². The molecule has 26 heavy (non-hydrogen) atoms. The van der Waals surface area contributed by atoms with Gasteiger partial charge in [0.2, 0.25) is 15.9 Å². The van der Waals surface area contributed by atoms with Crippen LogP contribution in [0.4, 0.5) is 0 Å². The zero-order chi connectivity index (χ0) is 18.6. The number of benzene rings is 2. The van der Waals surface area contributed by atoms with Gasteiger partial charge in [0.1, 0.15) is 0 Å². The Kier molecular flexibility index (Phi) is 6.11. The molecule has 5 nitrogen and oxygen atoms in total. The number of halogens is 1. The Labute approximate surface area is 162 Å². The van der Waals surface area contributed by atoms with E-state index >= 15 is 0 Å². The molecule has 1 N–H and O–H groups in total. The van der Waals surface area contributed by atoms with Crippen molar-refractivity contribution in [2.45, 2.75) is 30.2 Å². The molecule has 0 spiro atoms. The van der Waals surface area contributed by atoms with Gasteiger partial charge >= 0.3 is 0 Å². The summed E-state index contributed by atoms with van der Waals surface area (Å²) in [5.41, 5.74) is 0.972. The molecule has 0 saturated carbocycles. The van der Waals surface area contributed by atoms with Crippen LogP contribution in [0.5, 0.6) is 0 Å². The Bertz CT molecular complexity index is 846. The van der Waals surface area contributed by atoms with Crippen molar-refractivity contribution < 1.29 is 13.2 Å². The van der Waals surface area contributed by atoms with Crippen LogP contribution in [0, 0.1) is 0 Å². The van der Waals surface area contributed by atoms with Crippen LogP contribution in [0.3, 0.4) is 0 Å². The molecular weight excluding hydrogens is 416 g/mol. The van der Waals surface area contributed by atoms with Crippen LogP contribution in [0.2, 0.25) is 0 Å². The first-order chi connectivity index (χ1) is 12.4. The summed E-state index contributed by atoms with van der Waals surface area (Å²) in [4.78, 5) is 12.5. The maximum atomic E-state index is 12.7. The molecule has 0 aliphatic carbocycles. The third-order valence-electron chi connectivity index (χ3n) is 4.48. The number of hydrogen-bond donors (Lipinski definition) is 1. The van der Waals surface area contributed by atoms with E-state index in [4.69, 9.17) is 0 Å². The minimum Gasteiger partial charge on any atom is -0.353 e. The molecule has 1 saturated heterocycles. The van der Waals surface area contributed by atoms with Crippen LogP contribution in [0.1, 0.15) is 18.4 Å². The van der Waals surface area contributed by atoms with Gasteiger partial charge in [-0.1, -0.05) is 46.3 Å². The van der Waals surface area contributed by atoms with Gasteiger partial charge in [0.05, 0.1) is 11.3 Å². The fraction of sp³-hybridized carbons (Fsp3) is 0.316. The normalized spacial score (nSPS) is 16.3. The fourth-order valence-corrected chi connectivity index (χ4v) is 4.79. The molecule has 0 aromatic heterocycles. The maximum absolute atomic E-state index is 12.7. The first kappa shape index (κ1) is 19.1. The van der Waals surface area contributed by atoms with Crippen LogP contribution in [0.15, 0.2) is 64.0 Å². The molecule has 0 unspecified atom stereocenters. The third-order valence-corrected chi connectivity index (χ3v) is 6.92. The standard InChI is InChI=1S/C19H21BrN2O3S/c20-16-6-8-18(9-7-16)26(24,25)22-12-10-17(11-13-22)21-19(23)14-15-4-2-1-3-5-15/h1-9,17H,10-14H2,(H,21,23). The van der Waals surface area contributed by atoms with Gasteiger partial charge < -0.3 is 5.32 Å². The van der Waals surface area contributed by atoms with E-state index < -0.39 is 10.0 Å². The number of carbonyl (C=O) groups excluding carboxylic acids is 1. The van der Waals surface area contributed by atoms with E-state index in [0.29, 0.717) is 37.2 Å². The predicted molar refractivity (Wildman–Crippen MR) is 104 cm³/mol. The van der Waals surface area contributed by atoms with E-state index in [9.17, 15) is 13.2 Å². The topological polar surface area (TPSA) is 66.5 Å². The molecule has 0 atom stereocenters. The molecule has 3 rings (SSSR count). The molecule has 2 aromatic rings. The fourth-order valence-electron chi connectivity index (χ4n) is 3.06. The van der Waals surface area contributed by atoms with E-state index in [1.165, 1.54) is 4.31 Å². The summed E-state index contributed by atoms with van der Waals surface area (Å²) < 4.78 is 27.7. The number of amides is 1. The quantitative estimate of drug-likeness (QED) is 0.783. The van der Waals surface area contributed by atoms with Gasteiger partial charge in [-0.15, -0.1) is 0 Å². The molecule has 138 valence electrons. The van der Waals surface area contributed by atoms with Crippen molar-refractivity contribution in [2.24, 2.45) is 0 Å². The molecule has 7 heteroatoms. The molecular formula is C19H21BrN2O3S. The molecule has 1 amide bonds. The van der Waals surface area contributed by atoms with Gasteiger partial charge in [-0.05, 0) is 42.7 Å². The summed E-state index contributed by atoms with van der Waals surface area (Å²) in [6, 6.07) is 16.3. The number of nitrogens with one attached hydrogen (secondary N) is 1. The Morgan fingerprint density at radius 1 is 1.04 bits per heavy atom. The number of nitrogens with zero attached hydrogens (tertiary/aromatic N) is 1. The number of sulfonamides is 1. The summed E-state index contributed by atoms with van der Waals surface area (Å²) in [6.45, 7) is 0.823. The number of rotatable bonds is 5. The molecule has 1 aliphatic rings. The monoisotopic (exact) mass is 436 g/mol. The van der Waals surface area contributed by atoms with Gasteiger partial charge in [-0.25, -0.2) is 8.42 Å². The van der Waals surface area contributed by atoms with Gasteiger partial charge in [-0.2, -0.15) is 4.31 Å². The van der Waals surface area contributed by atoms with Crippen molar-refractivity contribution in [1.82, 2.24) is 9.62 Å². The van der Waals surface area contributed by atoms with E-state index in [0.717, 1.165) is 10.0 Å². The van der Waals surface area contributed by atoms with Crippen molar-refractivity contribution in [2.75, 3.05) is 13.1 Å². The zero-order valence-corrected chi connectivity index (χ0v) is 16.7. The summed E-state index contributed by atoms with van der Waals surface area (Å²) in [5, 5.41) is 3.02. The largest absolute Gasteiger partial charge is 0.353 e. The molecule has 1 aliphatic heterocycles. The Hall–Kier alpha value is -1.70. The molecule has 0 radical (unpaired) electrons.